The van der Waals surface area contributed by atoms with Crippen molar-refractivity contribution in [2.45, 2.75) is 19.8 Å². The van der Waals surface area contributed by atoms with Gasteiger partial charge in [-0.1, -0.05) is 47.1 Å². The molecule has 0 aliphatic carbocycles. The lowest BCUT2D eigenvalue weighted by Gasteiger charge is -2.09. The van der Waals surface area contributed by atoms with Gasteiger partial charge in [-0.2, -0.15) is 4.98 Å². The van der Waals surface area contributed by atoms with Crippen molar-refractivity contribution in [3.63, 3.8) is 0 Å². The molecule has 0 aliphatic heterocycles. The normalized spacial score (nSPS) is 10.8. The molecule has 1 aromatic heterocycles. The average molecular weight is 416 g/mol. The fraction of sp³-hybridized carbons (Fsp3) is 0.211. The lowest BCUT2D eigenvalue weighted by Crippen LogP contribution is -2.20. The van der Waals surface area contributed by atoms with E-state index in [9.17, 15) is 4.79 Å². The molecule has 134 valence electrons. The Balaban J connectivity index is 1.69. The van der Waals surface area contributed by atoms with Gasteiger partial charge in [-0.15, -0.1) is 0 Å². The quantitative estimate of drug-likeness (QED) is 0.634. The molecule has 0 atom stereocenters. The van der Waals surface area contributed by atoms with Crippen LogP contribution in [0.2, 0.25) is 0 Å². The molecule has 0 saturated heterocycles. The van der Waals surface area contributed by atoms with Crippen LogP contribution in [-0.2, 0) is 4.79 Å². The molecule has 0 aliphatic rings. The maximum atomic E-state index is 12.2. The number of hydrogen-bond acceptors (Lipinski definition) is 5. The van der Waals surface area contributed by atoms with Crippen molar-refractivity contribution < 1.29 is 14.1 Å². The number of para-hydroxylation sites is 1. The minimum Gasteiger partial charge on any atom is -0.484 e. The van der Waals surface area contributed by atoms with Gasteiger partial charge in [0.2, 0.25) is 0 Å². The average Bonchev–Trinajstić information content (AvgIpc) is 3.12. The predicted octanol–water partition coefficient (Wildman–Crippen LogP) is 4.64. The molecule has 26 heavy (non-hydrogen) atoms. The molecule has 3 aromatic rings. The van der Waals surface area contributed by atoms with Crippen molar-refractivity contribution >= 4 is 27.5 Å². The van der Waals surface area contributed by atoms with Gasteiger partial charge in [-0.05, 0) is 36.4 Å². The highest BCUT2D eigenvalue weighted by Crippen LogP contribution is 2.27. The van der Waals surface area contributed by atoms with Gasteiger partial charge in [0.1, 0.15) is 5.75 Å². The second-order valence-corrected chi connectivity index (χ2v) is 6.86. The summed E-state index contributed by atoms with van der Waals surface area (Å²) in [6.07, 6.45) is 0. The Morgan fingerprint density at radius 2 is 1.92 bits per heavy atom. The maximum Gasteiger partial charge on any atom is 0.262 e. The second kappa shape index (κ2) is 8.14. The predicted molar refractivity (Wildman–Crippen MR) is 102 cm³/mol. The monoisotopic (exact) mass is 415 g/mol. The summed E-state index contributed by atoms with van der Waals surface area (Å²) < 4.78 is 11.8. The van der Waals surface area contributed by atoms with E-state index >= 15 is 0 Å². The summed E-state index contributed by atoms with van der Waals surface area (Å²) in [5.74, 6) is 1.51. The van der Waals surface area contributed by atoms with Crippen molar-refractivity contribution in [1.82, 2.24) is 10.1 Å². The van der Waals surface area contributed by atoms with E-state index in [0.717, 1.165) is 4.47 Å². The molecule has 0 unspecified atom stereocenters. The van der Waals surface area contributed by atoms with Crippen molar-refractivity contribution in [1.29, 1.82) is 0 Å². The number of hydrogen-bond donors (Lipinski definition) is 1. The zero-order valence-electron chi connectivity index (χ0n) is 14.4. The highest BCUT2D eigenvalue weighted by molar-refractivity contribution is 9.10. The third-order valence-corrected chi connectivity index (χ3v) is 4.10. The van der Waals surface area contributed by atoms with Crippen LogP contribution in [0.3, 0.4) is 0 Å². The smallest absolute Gasteiger partial charge is 0.262 e. The molecule has 0 bridgehead atoms. The highest BCUT2D eigenvalue weighted by Gasteiger charge is 2.16. The number of ether oxygens (including phenoxy) is 1. The number of anilines is 1. The van der Waals surface area contributed by atoms with E-state index in [2.05, 4.69) is 31.4 Å². The summed E-state index contributed by atoms with van der Waals surface area (Å²) in [6, 6.07) is 14.6. The first-order chi connectivity index (χ1) is 12.5. The second-order valence-electron chi connectivity index (χ2n) is 5.95. The van der Waals surface area contributed by atoms with Gasteiger partial charge >= 0.3 is 0 Å². The lowest BCUT2D eigenvalue weighted by atomic mass is 10.1. The van der Waals surface area contributed by atoms with Gasteiger partial charge in [0.15, 0.2) is 12.4 Å². The fourth-order valence-corrected chi connectivity index (χ4v) is 2.49. The largest absolute Gasteiger partial charge is 0.484 e. The van der Waals surface area contributed by atoms with E-state index < -0.39 is 0 Å². The minimum absolute atomic E-state index is 0.100. The molecule has 1 heterocycles. The van der Waals surface area contributed by atoms with Crippen molar-refractivity contribution in [3.05, 3.63) is 58.8 Å². The summed E-state index contributed by atoms with van der Waals surface area (Å²) in [5.41, 5.74) is 1.26. The van der Waals surface area contributed by atoms with E-state index in [4.69, 9.17) is 9.26 Å². The number of aromatic nitrogens is 2. The SMILES string of the molecule is CC(C)c1noc(-c2ccccc2NC(=O)COc2ccc(Br)cc2)n1. The molecule has 1 amide bonds. The van der Waals surface area contributed by atoms with Gasteiger partial charge in [-0.3, -0.25) is 4.79 Å². The van der Waals surface area contributed by atoms with Crippen LogP contribution in [0.4, 0.5) is 5.69 Å². The topological polar surface area (TPSA) is 77.2 Å². The number of halogens is 1. The van der Waals surface area contributed by atoms with Gasteiger partial charge in [0, 0.05) is 10.4 Å². The van der Waals surface area contributed by atoms with Crippen LogP contribution in [0.25, 0.3) is 11.5 Å². The summed E-state index contributed by atoms with van der Waals surface area (Å²) in [5, 5.41) is 6.80. The van der Waals surface area contributed by atoms with Crippen LogP contribution in [-0.4, -0.2) is 22.7 Å². The van der Waals surface area contributed by atoms with Crippen LogP contribution >= 0.6 is 15.9 Å². The third kappa shape index (κ3) is 4.49. The summed E-state index contributed by atoms with van der Waals surface area (Å²) in [6.45, 7) is 3.88. The molecular formula is C19H18BrN3O3. The van der Waals surface area contributed by atoms with Crippen molar-refractivity contribution in [2.75, 3.05) is 11.9 Å². The zero-order chi connectivity index (χ0) is 18.5. The number of amides is 1. The number of carbonyl (C=O) groups excluding carboxylic acids is 1. The van der Waals surface area contributed by atoms with Crippen LogP contribution in [0.15, 0.2) is 57.5 Å². The number of rotatable bonds is 6. The summed E-state index contributed by atoms with van der Waals surface area (Å²) in [4.78, 5) is 16.6. The van der Waals surface area contributed by atoms with Crippen LogP contribution in [0, 0.1) is 0 Å². The summed E-state index contributed by atoms with van der Waals surface area (Å²) >= 11 is 3.36. The molecule has 3 rings (SSSR count). The molecule has 0 fully saturated rings. The number of carbonyl (C=O) groups is 1. The molecule has 0 spiro atoms. The van der Waals surface area contributed by atoms with Crippen LogP contribution in [0.1, 0.15) is 25.6 Å². The molecule has 7 heteroatoms. The maximum absolute atomic E-state index is 12.2. The van der Waals surface area contributed by atoms with E-state index in [-0.39, 0.29) is 18.4 Å². The molecule has 6 nitrogen and oxygen atoms in total. The third-order valence-electron chi connectivity index (χ3n) is 3.57. The number of nitrogens with zero attached hydrogens (tertiary/aromatic N) is 2. The zero-order valence-corrected chi connectivity index (χ0v) is 16.0. The van der Waals surface area contributed by atoms with Gasteiger partial charge < -0.3 is 14.6 Å². The standard InChI is InChI=1S/C19H18BrN3O3/c1-12(2)18-22-19(26-23-18)15-5-3-4-6-16(15)21-17(24)11-25-14-9-7-13(20)8-10-14/h3-10,12H,11H2,1-2H3,(H,21,24). The first-order valence-corrected chi connectivity index (χ1v) is 8.93. The first-order valence-electron chi connectivity index (χ1n) is 8.14. The Hall–Kier alpha value is -2.67. The fourth-order valence-electron chi connectivity index (χ4n) is 2.22. The van der Waals surface area contributed by atoms with Gasteiger partial charge in [0.05, 0.1) is 11.3 Å². The van der Waals surface area contributed by atoms with Crippen molar-refractivity contribution in [2.24, 2.45) is 0 Å². The Kier molecular flexibility index (Phi) is 5.68. The first kappa shape index (κ1) is 18.1. The van der Waals surface area contributed by atoms with Crippen LogP contribution in [0.5, 0.6) is 5.75 Å². The Labute approximate surface area is 159 Å². The number of benzene rings is 2. The van der Waals surface area contributed by atoms with Gasteiger partial charge in [0.25, 0.3) is 11.8 Å². The van der Waals surface area contributed by atoms with Crippen LogP contribution < -0.4 is 10.1 Å². The Bertz CT molecular complexity index is 891. The minimum atomic E-state index is -0.274. The highest BCUT2D eigenvalue weighted by atomic mass is 79.9. The molecule has 0 saturated carbocycles. The molecular weight excluding hydrogens is 398 g/mol. The van der Waals surface area contributed by atoms with E-state index in [1.807, 2.05) is 44.2 Å². The van der Waals surface area contributed by atoms with E-state index in [0.29, 0.717) is 28.7 Å². The van der Waals surface area contributed by atoms with E-state index in [1.54, 1.807) is 18.2 Å². The Morgan fingerprint density at radius 1 is 1.19 bits per heavy atom. The Morgan fingerprint density at radius 3 is 2.62 bits per heavy atom. The molecule has 2 aromatic carbocycles. The van der Waals surface area contributed by atoms with E-state index in [1.165, 1.54) is 0 Å². The van der Waals surface area contributed by atoms with Gasteiger partial charge in [-0.25, -0.2) is 0 Å². The molecule has 0 radical (unpaired) electrons. The number of nitrogens with one attached hydrogen (secondary N) is 1. The van der Waals surface area contributed by atoms with Crippen molar-refractivity contribution in [3.8, 4) is 17.2 Å². The molecule has 1 N–H and O–H groups in total. The lowest BCUT2D eigenvalue weighted by molar-refractivity contribution is -0.118. The summed E-state index contributed by atoms with van der Waals surface area (Å²) in [7, 11) is 0.